The Kier molecular flexibility index (Phi) is 5.05. The molecule has 1 N–H and O–H groups in total. The molecule has 0 bridgehead atoms. The first-order valence-corrected chi connectivity index (χ1v) is 9.43. The molecule has 4 rings (SSSR count). The first kappa shape index (κ1) is 17.9. The average molecular weight is 382 g/mol. The van der Waals surface area contributed by atoms with Crippen LogP contribution in [0.2, 0.25) is 5.02 Å². The summed E-state index contributed by atoms with van der Waals surface area (Å²) < 4.78 is 5.69. The molecule has 1 aromatic carbocycles. The molecule has 1 aliphatic rings. The van der Waals surface area contributed by atoms with E-state index in [1.165, 1.54) is 0 Å². The summed E-state index contributed by atoms with van der Waals surface area (Å²) in [6.45, 7) is 2.73. The van der Waals surface area contributed by atoms with Crippen molar-refractivity contribution in [2.24, 2.45) is 0 Å². The smallest absolute Gasteiger partial charge is 0.252 e. The fraction of sp³-hybridized carbons (Fsp3) is 0.286. The fourth-order valence-electron chi connectivity index (χ4n) is 3.42. The lowest BCUT2D eigenvalue weighted by molar-refractivity contribution is 0.0713. The molecule has 2 aromatic heterocycles. The van der Waals surface area contributed by atoms with Crippen LogP contribution in [0.5, 0.6) is 0 Å². The highest BCUT2D eigenvalue weighted by atomic mass is 35.5. The summed E-state index contributed by atoms with van der Waals surface area (Å²) in [4.78, 5) is 21.9. The van der Waals surface area contributed by atoms with Crippen molar-refractivity contribution >= 4 is 28.4 Å². The summed E-state index contributed by atoms with van der Waals surface area (Å²) in [7, 11) is 0. The van der Waals surface area contributed by atoms with Gasteiger partial charge < -0.3 is 10.1 Å². The van der Waals surface area contributed by atoms with E-state index in [-0.39, 0.29) is 18.1 Å². The number of carbonyl (C=O) groups excluding carboxylic acids is 1. The summed E-state index contributed by atoms with van der Waals surface area (Å²) >= 11 is 6.17. The van der Waals surface area contributed by atoms with Crippen molar-refractivity contribution in [2.75, 3.05) is 6.61 Å². The Morgan fingerprint density at radius 3 is 2.96 bits per heavy atom. The van der Waals surface area contributed by atoms with Crippen LogP contribution in [-0.4, -0.2) is 34.6 Å². The van der Waals surface area contributed by atoms with Crippen molar-refractivity contribution in [1.29, 1.82) is 0 Å². The standard InChI is InChI=1S/C21H20ClN3O2/c1-13(20-5-3-9-27-20)24-21(26)17-11-19(14-4-2-8-23-12-14)25-18-7-6-15(22)10-16(17)18/h2,4,6-8,10-13,20H,3,5,9H2,1H3,(H,24,26)/t13-,20-/m1/s1. The van der Waals surface area contributed by atoms with E-state index in [1.54, 1.807) is 30.6 Å². The van der Waals surface area contributed by atoms with E-state index >= 15 is 0 Å². The summed E-state index contributed by atoms with van der Waals surface area (Å²) in [5, 5.41) is 4.38. The Morgan fingerprint density at radius 1 is 1.33 bits per heavy atom. The largest absolute Gasteiger partial charge is 0.376 e. The number of fused-ring (bicyclic) bond motifs is 1. The lowest BCUT2D eigenvalue weighted by atomic mass is 10.0. The molecule has 2 atom stereocenters. The molecule has 1 amide bonds. The number of rotatable bonds is 4. The third-order valence-corrected chi connectivity index (χ3v) is 5.09. The number of amides is 1. The number of nitrogens with zero attached hydrogens (tertiary/aromatic N) is 2. The maximum atomic E-state index is 13.1. The van der Waals surface area contributed by atoms with Gasteiger partial charge in [0.25, 0.3) is 5.91 Å². The van der Waals surface area contributed by atoms with E-state index in [1.807, 2.05) is 25.1 Å². The van der Waals surface area contributed by atoms with E-state index in [9.17, 15) is 4.79 Å². The second-order valence-corrected chi connectivity index (χ2v) is 7.21. The van der Waals surface area contributed by atoms with Crippen LogP contribution >= 0.6 is 11.6 Å². The molecule has 0 saturated carbocycles. The minimum Gasteiger partial charge on any atom is -0.376 e. The summed E-state index contributed by atoms with van der Waals surface area (Å²) in [5.41, 5.74) is 2.82. The molecule has 3 heterocycles. The summed E-state index contributed by atoms with van der Waals surface area (Å²) in [6, 6.07) is 10.9. The number of aromatic nitrogens is 2. The lowest BCUT2D eigenvalue weighted by Crippen LogP contribution is -2.40. The average Bonchev–Trinajstić information content (AvgIpc) is 3.23. The van der Waals surface area contributed by atoms with Gasteiger partial charge in [-0.05, 0) is 56.2 Å². The van der Waals surface area contributed by atoms with Crippen molar-refractivity contribution in [1.82, 2.24) is 15.3 Å². The molecular formula is C21H20ClN3O2. The zero-order valence-electron chi connectivity index (χ0n) is 15.0. The number of ether oxygens (including phenoxy) is 1. The number of hydrogen-bond acceptors (Lipinski definition) is 4. The summed E-state index contributed by atoms with van der Waals surface area (Å²) in [5.74, 6) is -0.155. The molecule has 0 radical (unpaired) electrons. The molecule has 138 valence electrons. The number of halogens is 1. The van der Waals surface area contributed by atoms with Gasteiger partial charge in [0.1, 0.15) is 0 Å². The van der Waals surface area contributed by atoms with E-state index in [0.717, 1.165) is 35.9 Å². The Morgan fingerprint density at radius 2 is 2.22 bits per heavy atom. The highest BCUT2D eigenvalue weighted by molar-refractivity contribution is 6.31. The van der Waals surface area contributed by atoms with Crippen LogP contribution in [0.4, 0.5) is 0 Å². The first-order valence-electron chi connectivity index (χ1n) is 9.05. The van der Waals surface area contributed by atoms with E-state index in [4.69, 9.17) is 16.3 Å². The molecule has 5 nitrogen and oxygen atoms in total. The Labute approximate surface area is 162 Å². The van der Waals surface area contributed by atoms with Crippen LogP contribution < -0.4 is 5.32 Å². The fourth-order valence-corrected chi connectivity index (χ4v) is 3.59. The van der Waals surface area contributed by atoms with Gasteiger partial charge in [0.05, 0.1) is 28.9 Å². The number of benzene rings is 1. The van der Waals surface area contributed by atoms with Gasteiger partial charge in [-0.15, -0.1) is 0 Å². The monoisotopic (exact) mass is 381 g/mol. The third-order valence-electron chi connectivity index (χ3n) is 4.85. The highest BCUT2D eigenvalue weighted by Crippen LogP contribution is 2.27. The summed E-state index contributed by atoms with van der Waals surface area (Å²) in [6.07, 6.45) is 5.50. The minimum absolute atomic E-state index is 0.0587. The van der Waals surface area contributed by atoms with Gasteiger partial charge in [0, 0.05) is 35.0 Å². The predicted molar refractivity (Wildman–Crippen MR) is 106 cm³/mol. The first-order chi connectivity index (χ1) is 13.1. The van der Waals surface area contributed by atoms with E-state index in [2.05, 4.69) is 15.3 Å². The van der Waals surface area contributed by atoms with Gasteiger partial charge >= 0.3 is 0 Å². The van der Waals surface area contributed by atoms with Crippen molar-refractivity contribution in [3.8, 4) is 11.3 Å². The van der Waals surface area contributed by atoms with Crippen molar-refractivity contribution in [3.05, 3.63) is 59.4 Å². The van der Waals surface area contributed by atoms with E-state index in [0.29, 0.717) is 16.3 Å². The van der Waals surface area contributed by atoms with Crippen LogP contribution in [0.1, 0.15) is 30.1 Å². The van der Waals surface area contributed by atoms with Gasteiger partial charge in [0.15, 0.2) is 0 Å². The van der Waals surface area contributed by atoms with Crippen molar-refractivity contribution < 1.29 is 9.53 Å². The van der Waals surface area contributed by atoms with Crippen molar-refractivity contribution in [3.63, 3.8) is 0 Å². The molecule has 0 unspecified atom stereocenters. The zero-order chi connectivity index (χ0) is 18.8. The Balaban J connectivity index is 1.75. The topological polar surface area (TPSA) is 64.1 Å². The van der Waals surface area contributed by atoms with Gasteiger partial charge in [-0.2, -0.15) is 0 Å². The Hall–Kier alpha value is -2.50. The van der Waals surface area contributed by atoms with Crippen LogP contribution in [0.15, 0.2) is 48.8 Å². The molecule has 1 aliphatic heterocycles. The van der Waals surface area contributed by atoms with Crippen LogP contribution in [0.3, 0.4) is 0 Å². The number of pyridine rings is 2. The van der Waals surface area contributed by atoms with Gasteiger partial charge in [-0.25, -0.2) is 4.98 Å². The second kappa shape index (κ2) is 7.62. The number of carbonyl (C=O) groups is 1. The van der Waals surface area contributed by atoms with Crippen molar-refractivity contribution in [2.45, 2.75) is 31.9 Å². The lowest BCUT2D eigenvalue weighted by Gasteiger charge is -2.20. The molecule has 0 spiro atoms. The molecule has 27 heavy (non-hydrogen) atoms. The zero-order valence-corrected chi connectivity index (χ0v) is 15.7. The minimum atomic E-state index is -0.155. The Bertz CT molecular complexity index is 972. The normalized spacial score (nSPS) is 17.8. The van der Waals surface area contributed by atoms with E-state index < -0.39 is 0 Å². The molecule has 1 saturated heterocycles. The quantitative estimate of drug-likeness (QED) is 0.733. The third kappa shape index (κ3) is 3.80. The van der Waals surface area contributed by atoms with Crippen LogP contribution in [0.25, 0.3) is 22.2 Å². The SMILES string of the molecule is C[C@@H](NC(=O)c1cc(-c2cccnc2)nc2ccc(Cl)cc12)[C@H]1CCCO1. The predicted octanol–water partition coefficient (Wildman–Crippen LogP) is 4.25. The molecule has 1 fully saturated rings. The van der Waals surface area contributed by atoms with Gasteiger partial charge in [-0.3, -0.25) is 9.78 Å². The molecule has 6 heteroatoms. The molecule has 3 aromatic rings. The number of hydrogen-bond donors (Lipinski definition) is 1. The van der Waals surface area contributed by atoms with Crippen LogP contribution in [-0.2, 0) is 4.74 Å². The highest BCUT2D eigenvalue weighted by Gasteiger charge is 2.25. The second-order valence-electron chi connectivity index (χ2n) is 6.77. The van der Waals surface area contributed by atoms with Gasteiger partial charge in [0.2, 0.25) is 0 Å². The maximum absolute atomic E-state index is 13.1. The van der Waals surface area contributed by atoms with Crippen LogP contribution in [0, 0.1) is 0 Å². The maximum Gasteiger partial charge on any atom is 0.252 e. The van der Waals surface area contributed by atoms with Gasteiger partial charge in [-0.1, -0.05) is 11.6 Å². The number of nitrogens with one attached hydrogen (secondary N) is 1. The molecular weight excluding hydrogens is 362 g/mol. The molecule has 0 aliphatic carbocycles.